The molecule has 0 bridgehead atoms. The molecular weight excluding hydrogens is 375 g/mol. The van der Waals surface area contributed by atoms with E-state index < -0.39 is 0 Å². The Bertz CT molecular complexity index is 784. The second kappa shape index (κ2) is 10.3. The Morgan fingerprint density at radius 1 is 1.29 bits per heavy atom. The number of hydrogen-bond donors (Lipinski definition) is 2. The van der Waals surface area contributed by atoms with E-state index in [1.165, 1.54) is 31.4 Å². The number of ether oxygens (including phenoxy) is 1. The van der Waals surface area contributed by atoms with Crippen molar-refractivity contribution in [3.05, 3.63) is 54.0 Å². The van der Waals surface area contributed by atoms with Gasteiger partial charge in [0.05, 0.1) is 6.54 Å². The SMILES string of the molecule is CCNC(=NCc1ccnc(Oc2ccc(F)cc2)c1)NC1CCC(SC)C1. The average molecular weight is 403 g/mol. The number of thioether (sulfide) groups is 1. The highest BCUT2D eigenvalue weighted by Crippen LogP contribution is 2.28. The van der Waals surface area contributed by atoms with Crippen molar-refractivity contribution in [2.24, 2.45) is 4.99 Å². The Kier molecular flexibility index (Phi) is 7.54. The first-order valence-corrected chi connectivity index (χ1v) is 10.9. The van der Waals surface area contributed by atoms with Crippen molar-refractivity contribution in [2.45, 2.75) is 44.0 Å². The van der Waals surface area contributed by atoms with E-state index in [0.717, 1.165) is 23.3 Å². The third-order valence-corrected chi connectivity index (χ3v) is 5.75. The molecule has 1 saturated carbocycles. The van der Waals surface area contributed by atoms with Crippen LogP contribution in [0.2, 0.25) is 0 Å². The molecule has 1 aliphatic rings. The van der Waals surface area contributed by atoms with Crippen molar-refractivity contribution in [1.29, 1.82) is 0 Å². The first kappa shape index (κ1) is 20.5. The van der Waals surface area contributed by atoms with Gasteiger partial charge in [-0.3, -0.25) is 0 Å². The fraction of sp³-hybridized carbons (Fsp3) is 0.429. The van der Waals surface area contributed by atoms with Gasteiger partial charge in [0.25, 0.3) is 0 Å². The van der Waals surface area contributed by atoms with E-state index in [0.29, 0.717) is 24.2 Å². The summed E-state index contributed by atoms with van der Waals surface area (Å²) < 4.78 is 18.7. The van der Waals surface area contributed by atoms with Crippen LogP contribution in [0.4, 0.5) is 4.39 Å². The third-order valence-electron chi connectivity index (χ3n) is 4.66. The predicted molar refractivity (Wildman–Crippen MR) is 114 cm³/mol. The molecule has 2 N–H and O–H groups in total. The summed E-state index contributed by atoms with van der Waals surface area (Å²) in [5, 5.41) is 7.62. The molecule has 0 radical (unpaired) electrons. The molecule has 0 saturated heterocycles. The van der Waals surface area contributed by atoms with Crippen LogP contribution in [0.15, 0.2) is 47.6 Å². The maximum absolute atomic E-state index is 13.0. The summed E-state index contributed by atoms with van der Waals surface area (Å²) in [6.07, 6.45) is 7.50. The number of aromatic nitrogens is 1. The summed E-state index contributed by atoms with van der Waals surface area (Å²) in [6.45, 7) is 3.41. The van der Waals surface area contributed by atoms with Gasteiger partial charge >= 0.3 is 0 Å². The van der Waals surface area contributed by atoms with Crippen molar-refractivity contribution in [3.63, 3.8) is 0 Å². The zero-order chi connectivity index (χ0) is 19.8. The smallest absolute Gasteiger partial charge is 0.219 e. The molecule has 0 aliphatic heterocycles. The van der Waals surface area contributed by atoms with Crippen LogP contribution in [0, 0.1) is 5.82 Å². The van der Waals surface area contributed by atoms with Gasteiger partial charge in [0.1, 0.15) is 11.6 Å². The van der Waals surface area contributed by atoms with Gasteiger partial charge in [-0.15, -0.1) is 0 Å². The van der Waals surface area contributed by atoms with Gasteiger partial charge in [0.15, 0.2) is 5.96 Å². The topological polar surface area (TPSA) is 58.5 Å². The second-order valence-corrected chi connectivity index (χ2v) is 7.90. The molecule has 1 fully saturated rings. The van der Waals surface area contributed by atoms with Crippen LogP contribution in [-0.4, -0.2) is 35.0 Å². The molecule has 28 heavy (non-hydrogen) atoms. The maximum atomic E-state index is 13.0. The molecule has 0 spiro atoms. The number of nitrogens with zero attached hydrogens (tertiary/aromatic N) is 2. The van der Waals surface area contributed by atoms with Crippen LogP contribution in [0.5, 0.6) is 11.6 Å². The summed E-state index contributed by atoms with van der Waals surface area (Å²) in [5.74, 6) is 1.56. The molecular formula is C21H27FN4OS. The largest absolute Gasteiger partial charge is 0.439 e. The number of halogens is 1. The fourth-order valence-corrected chi connectivity index (χ4v) is 3.99. The van der Waals surface area contributed by atoms with Crippen molar-refractivity contribution in [1.82, 2.24) is 15.6 Å². The first-order valence-electron chi connectivity index (χ1n) is 9.62. The molecule has 1 aliphatic carbocycles. The molecule has 2 aromatic rings. The standard InChI is InChI=1S/C21H27FN4OS/c1-3-23-21(26-17-6-9-19(13-17)28-2)25-14-15-10-11-24-20(12-15)27-18-7-4-16(22)5-8-18/h4-5,7-8,10-12,17,19H,3,6,9,13-14H2,1-2H3,(H2,23,25,26). The number of hydrogen-bond acceptors (Lipinski definition) is 4. The summed E-state index contributed by atoms with van der Waals surface area (Å²) in [6, 6.07) is 10.1. The van der Waals surface area contributed by atoms with Crippen molar-refractivity contribution in [2.75, 3.05) is 12.8 Å². The van der Waals surface area contributed by atoms with Crippen molar-refractivity contribution in [3.8, 4) is 11.6 Å². The molecule has 5 nitrogen and oxygen atoms in total. The molecule has 0 amide bonds. The Hall–Kier alpha value is -2.28. The Labute approximate surface area is 170 Å². The molecule has 2 atom stereocenters. The van der Waals surface area contributed by atoms with Gasteiger partial charge in [-0.25, -0.2) is 14.4 Å². The van der Waals surface area contributed by atoms with E-state index in [-0.39, 0.29) is 5.82 Å². The van der Waals surface area contributed by atoms with Crippen LogP contribution in [0.1, 0.15) is 31.7 Å². The molecule has 7 heteroatoms. The van der Waals surface area contributed by atoms with E-state index >= 15 is 0 Å². The van der Waals surface area contributed by atoms with Crippen molar-refractivity contribution < 1.29 is 9.13 Å². The van der Waals surface area contributed by atoms with E-state index in [4.69, 9.17) is 9.73 Å². The highest BCUT2D eigenvalue weighted by Gasteiger charge is 2.24. The number of aliphatic imine (C=N–C) groups is 1. The van der Waals surface area contributed by atoms with Crippen LogP contribution in [0.3, 0.4) is 0 Å². The van der Waals surface area contributed by atoms with E-state index in [9.17, 15) is 4.39 Å². The lowest BCUT2D eigenvalue weighted by Gasteiger charge is -2.17. The summed E-state index contributed by atoms with van der Waals surface area (Å²) in [7, 11) is 0. The summed E-state index contributed by atoms with van der Waals surface area (Å²) in [4.78, 5) is 8.94. The molecule has 1 aromatic carbocycles. The normalized spacial score (nSPS) is 19.5. The second-order valence-electron chi connectivity index (χ2n) is 6.77. The monoisotopic (exact) mass is 402 g/mol. The minimum absolute atomic E-state index is 0.294. The lowest BCUT2D eigenvalue weighted by atomic mass is 10.2. The first-order chi connectivity index (χ1) is 13.7. The zero-order valence-electron chi connectivity index (χ0n) is 16.3. The molecule has 2 unspecified atom stereocenters. The minimum Gasteiger partial charge on any atom is -0.439 e. The van der Waals surface area contributed by atoms with Gasteiger partial charge < -0.3 is 15.4 Å². The predicted octanol–water partition coefficient (Wildman–Crippen LogP) is 4.35. The van der Waals surface area contributed by atoms with E-state index in [2.05, 4.69) is 28.8 Å². The number of pyridine rings is 1. The third kappa shape index (κ3) is 6.12. The van der Waals surface area contributed by atoms with Crippen LogP contribution in [-0.2, 0) is 6.54 Å². The number of benzene rings is 1. The lowest BCUT2D eigenvalue weighted by molar-refractivity contribution is 0.460. The Morgan fingerprint density at radius 3 is 2.82 bits per heavy atom. The molecule has 1 aromatic heterocycles. The molecule has 150 valence electrons. The number of nitrogens with one attached hydrogen (secondary N) is 2. The average Bonchev–Trinajstić information content (AvgIpc) is 3.16. The molecule has 3 rings (SSSR count). The van der Waals surface area contributed by atoms with Gasteiger partial charge in [-0.05, 0) is 68.3 Å². The van der Waals surface area contributed by atoms with Gasteiger partial charge in [0.2, 0.25) is 5.88 Å². The fourth-order valence-electron chi connectivity index (χ4n) is 3.20. The number of guanidine groups is 1. The Morgan fingerprint density at radius 2 is 2.11 bits per heavy atom. The van der Waals surface area contributed by atoms with E-state index in [1.54, 1.807) is 18.3 Å². The van der Waals surface area contributed by atoms with Crippen molar-refractivity contribution >= 4 is 17.7 Å². The zero-order valence-corrected chi connectivity index (χ0v) is 17.1. The quantitative estimate of drug-likeness (QED) is 0.533. The molecule has 1 heterocycles. The van der Waals surface area contributed by atoms with Gasteiger partial charge in [-0.2, -0.15) is 11.8 Å². The van der Waals surface area contributed by atoms with E-state index in [1.807, 2.05) is 23.9 Å². The minimum atomic E-state index is -0.294. The Balaban J connectivity index is 1.61. The van der Waals surface area contributed by atoms with Crippen LogP contribution < -0.4 is 15.4 Å². The maximum Gasteiger partial charge on any atom is 0.219 e. The lowest BCUT2D eigenvalue weighted by Crippen LogP contribution is -2.42. The van der Waals surface area contributed by atoms with Crippen LogP contribution >= 0.6 is 11.8 Å². The van der Waals surface area contributed by atoms with Gasteiger partial charge in [-0.1, -0.05) is 0 Å². The summed E-state index contributed by atoms with van der Waals surface area (Å²) >= 11 is 1.95. The highest BCUT2D eigenvalue weighted by molar-refractivity contribution is 7.99. The number of rotatable bonds is 7. The summed E-state index contributed by atoms with van der Waals surface area (Å²) in [5.41, 5.74) is 0.998. The highest BCUT2D eigenvalue weighted by atomic mass is 32.2. The van der Waals surface area contributed by atoms with Crippen LogP contribution in [0.25, 0.3) is 0 Å². The van der Waals surface area contributed by atoms with Gasteiger partial charge in [0, 0.05) is 30.1 Å².